The normalized spacial score (nSPS) is 12.2. The molecule has 2 atom stereocenters. The Kier molecular flexibility index (Phi) is 12.3. The fraction of sp³-hybridized carbons (Fsp3) is 0.393. The quantitative estimate of drug-likeness (QED) is 0.130. The lowest BCUT2D eigenvalue weighted by Gasteiger charge is -2.19. The molecule has 9 heteroatoms. The first kappa shape index (κ1) is 29.5. The molecular formula is C28H36N4O5. The van der Waals surface area contributed by atoms with Crippen LogP contribution < -0.4 is 16.1 Å². The van der Waals surface area contributed by atoms with Crippen LogP contribution in [-0.2, 0) is 9.59 Å². The molecule has 0 spiro atoms. The molecule has 0 saturated carbocycles. The summed E-state index contributed by atoms with van der Waals surface area (Å²) in [4.78, 5) is 38.2. The van der Waals surface area contributed by atoms with Gasteiger partial charge in [-0.3, -0.25) is 24.5 Å². The molecule has 0 aliphatic heterocycles. The van der Waals surface area contributed by atoms with Gasteiger partial charge in [0.2, 0.25) is 5.91 Å². The second kappa shape index (κ2) is 15.4. The number of amides is 3. The number of nitrogens with zero attached hydrogens (tertiary/aromatic N) is 1. The number of aliphatic hydroxyl groups is 1. The van der Waals surface area contributed by atoms with Crippen molar-refractivity contribution in [3.8, 4) is 11.8 Å². The third-order valence-electron chi connectivity index (χ3n) is 5.64. The van der Waals surface area contributed by atoms with Gasteiger partial charge in [0, 0.05) is 22.4 Å². The first-order chi connectivity index (χ1) is 17.7. The summed E-state index contributed by atoms with van der Waals surface area (Å²) in [6, 6.07) is 12.4. The minimum absolute atomic E-state index is 0.0577. The molecule has 198 valence electrons. The largest absolute Gasteiger partial charge is 0.391 e. The Morgan fingerprint density at radius 1 is 0.946 bits per heavy atom. The summed E-state index contributed by atoms with van der Waals surface area (Å²) >= 11 is 0. The zero-order valence-corrected chi connectivity index (χ0v) is 21.6. The number of unbranched alkanes of at least 4 members (excludes halogenated alkanes) is 3. The number of hydroxylamine groups is 1. The van der Waals surface area contributed by atoms with E-state index in [1.807, 2.05) is 24.1 Å². The average molecular weight is 509 g/mol. The molecule has 5 N–H and O–H groups in total. The number of nitrogens with one attached hydrogen (secondary N) is 3. The molecule has 37 heavy (non-hydrogen) atoms. The number of carbonyl (C=O) groups excluding carboxylic acids is 3. The molecule has 3 amide bonds. The maximum atomic E-state index is 12.4. The summed E-state index contributed by atoms with van der Waals surface area (Å²) in [5.41, 5.74) is 3.84. The van der Waals surface area contributed by atoms with Gasteiger partial charge in [-0.1, -0.05) is 38.0 Å². The molecule has 0 aliphatic rings. The van der Waals surface area contributed by atoms with E-state index in [9.17, 15) is 19.5 Å². The number of hydrogen-bond acceptors (Lipinski definition) is 6. The molecule has 2 rings (SSSR count). The van der Waals surface area contributed by atoms with Crippen molar-refractivity contribution in [1.29, 1.82) is 0 Å². The predicted octanol–water partition coefficient (Wildman–Crippen LogP) is 2.52. The van der Waals surface area contributed by atoms with Crippen LogP contribution in [0.3, 0.4) is 0 Å². The SMILES string of the molecule is CCCCCCN(C)CC(=O)Nc1ccc(C#Cc2ccc(C(=O)NC(C(=O)NO)C(C)O)cc2)cc1. The molecular weight excluding hydrogens is 472 g/mol. The highest BCUT2D eigenvalue weighted by Gasteiger charge is 2.25. The highest BCUT2D eigenvalue weighted by atomic mass is 16.5. The van der Waals surface area contributed by atoms with E-state index in [2.05, 4.69) is 29.4 Å². The molecule has 2 unspecified atom stereocenters. The van der Waals surface area contributed by atoms with Crippen LogP contribution in [0.25, 0.3) is 0 Å². The molecule has 0 fully saturated rings. The van der Waals surface area contributed by atoms with Crippen LogP contribution in [0.4, 0.5) is 5.69 Å². The van der Waals surface area contributed by atoms with Gasteiger partial charge in [0.05, 0.1) is 12.6 Å². The third kappa shape index (κ3) is 10.4. The first-order valence-corrected chi connectivity index (χ1v) is 12.4. The maximum Gasteiger partial charge on any atom is 0.268 e. The van der Waals surface area contributed by atoms with Crippen molar-refractivity contribution >= 4 is 23.4 Å². The van der Waals surface area contributed by atoms with Gasteiger partial charge in [0.15, 0.2) is 0 Å². The number of benzene rings is 2. The molecule has 0 radical (unpaired) electrons. The topological polar surface area (TPSA) is 131 Å². The van der Waals surface area contributed by atoms with Crippen molar-refractivity contribution in [2.24, 2.45) is 0 Å². The monoisotopic (exact) mass is 508 g/mol. The van der Waals surface area contributed by atoms with Crippen molar-refractivity contribution in [3.63, 3.8) is 0 Å². The summed E-state index contributed by atoms with van der Waals surface area (Å²) in [5, 5.41) is 23.7. The second-order valence-electron chi connectivity index (χ2n) is 8.92. The van der Waals surface area contributed by atoms with Gasteiger partial charge in [-0.05, 0) is 75.5 Å². The Hall–Kier alpha value is -3.71. The molecule has 9 nitrogen and oxygen atoms in total. The molecule has 0 heterocycles. The van der Waals surface area contributed by atoms with E-state index < -0.39 is 24.0 Å². The van der Waals surface area contributed by atoms with Gasteiger partial charge >= 0.3 is 0 Å². The Morgan fingerprint density at radius 2 is 1.54 bits per heavy atom. The molecule has 0 bridgehead atoms. The van der Waals surface area contributed by atoms with E-state index in [0.29, 0.717) is 17.8 Å². The number of likely N-dealkylation sites (N-methyl/N-ethyl adjacent to an activating group) is 1. The number of aliphatic hydroxyl groups excluding tert-OH is 1. The fourth-order valence-electron chi connectivity index (χ4n) is 3.52. The third-order valence-corrected chi connectivity index (χ3v) is 5.64. The van der Waals surface area contributed by atoms with E-state index in [0.717, 1.165) is 18.5 Å². The Labute approximate surface area is 218 Å². The van der Waals surface area contributed by atoms with Crippen LogP contribution >= 0.6 is 0 Å². The molecule has 2 aromatic carbocycles. The van der Waals surface area contributed by atoms with Gasteiger partial charge in [0.25, 0.3) is 11.8 Å². The summed E-state index contributed by atoms with van der Waals surface area (Å²) < 4.78 is 0. The molecule has 0 aliphatic carbocycles. The van der Waals surface area contributed by atoms with Gasteiger partial charge in [-0.25, -0.2) is 5.48 Å². The number of hydrogen-bond donors (Lipinski definition) is 5. The van der Waals surface area contributed by atoms with Crippen LogP contribution in [0.15, 0.2) is 48.5 Å². The van der Waals surface area contributed by atoms with Crippen molar-refractivity contribution in [2.45, 2.75) is 51.7 Å². The summed E-state index contributed by atoms with van der Waals surface area (Å²) in [6.07, 6.45) is 3.49. The Morgan fingerprint density at radius 3 is 2.08 bits per heavy atom. The second-order valence-corrected chi connectivity index (χ2v) is 8.92. The van der Waals surface area contributed by atoms with E-state index in [1.54, 1.807) is 36.4 Å². The maximum absolute atomic E-state index is 12.4. The molecule has 0 aromatic heterocycles. The van der Waals surface area contributed by atoms with E-state index in [4.69, 9.17) is 5.21 Å². The summed E-state index contributed by atoms with van der Waals surface area (Å²) in [7, 11) is 1.95. The van der Waals surface area contributed by atoms with Crippen molar-refractivity contribution in [3.05, 3.63) is 65.2 Å². The minimum Gasteiger partial charge on any atom is -0.391 e. The highest BCUT2D eigenvalue weighted by Crippen LogP contribution is 2.10. The highest BCUT2D eigenvalue weighted by molar-refractivity contribution is 5.97. The lowest BCUT2D eigenvalue weighted by molar-refractivity contribution is -0.133. The standard InChI is InChI=1S/C28H36N4O5/c1-4-5-6-7-18-32(3)19-25(34)29-24-16-12-22(13-17-24)9-8-21-10-14-23(15-11-21)27(35)30-26(20(2)33)28(36)31-37/h10-17,20,26,33,37H,4-7,18-19H2,1-3H3,(H,29,34)(H,30,35)(H,31,36). The van der Waals surface area contributed by atoms with Crippen molar-refractivity contribution in [1.82, 2.24) is 15.7 Å². The minimum atomic E-state index is -1.29. The van der Waals surface area contributed by atoms with Gasteiger partial charge in [0.1, 0.15) is 6.04 Å². The Balaban J connectivity index is 1.89. The fourth-order valence-corrected chi connectivity index (χ4v) is 3.52. The number of carbonyl (C=O) groups is 3. The van der Waals surface area contributed by atoms with Gasteiger partial charge in [-0.15, -0.1) is 0 Å². The van der Waals surface area contributed by atoms with Crippen LogP contribution in [0.5, 0.6) is 0 Å². The zero-order valence-electron chi connectivity index (χ0n) is 21.6. The number of anilines is 1. The van der Waals surface area contributed by atoms with E-state index in [1.165, 1.54) is 31.7 Å². The van der Waals surface area contributed by atoms with Crippen LogP contribution in [0, 0.1) is 11.8 Å². The zero-order chi connectivity index (χ0) is 27.2. The smallest absolute Gasteiger partial charge is 0.268 e. The molecule has 0 saturated heterocycles. The average Bonchev–Trinajstić information content (AvgIpc) is 2.88. The van der Waals surface area contributed by atoms with Crippen LogP contribution in [0.1, 0.15) is 61.0 Å². The van der Waals surface area contributed by atoms with Crippen molar-refractivity contribution < 1.29 is 24.7 Å². The molecule has 2 aromatic rings. The summed E-state index contributed by atoms with van der Waals surface area (Å²) in [6.45, 7) is 4.75. The lowest BCUT2D eigenvalue weighted by Crippen LogP contribution is -2.51. The van der Waals surface area contributed by atoms with E-state index in [-0.39, 0.29) is 11.5 Å². The predicted molar refractivity (Wildman–Crippen MR) is 142 cm³/mol. The first-order valence-electron chi connectivity index (χ1n) is 12.4. The van der Waals surface area contributed by atoms with Gasteiger partial charge < -0.3 is 15.7 Å². The van der Waals surface area contributed by atoms with Crippen molar-refractivity contribution in [2.75, 3.05) is 25.5 Å². The van der Waals surface area contributed by atoms with Crippen LogP contribution in [0.2, 0.25) is 0 Å². The summed E-state index contributed by atoms with van der Waals surface area (Å²) in [5.74, 6) is 4.51. The van der Waals surface area contributed by atoms with Crippen LogP contribution in [-0.4, -0.2) is 65.2 Å². The van der Waals surface area contributed by atoms with E-state index >= 15 is 0 Å². The lowest BCUT2D eigenvalue weighted by atomic mass is 10.1. The Bertz CT molecular complexity index is 1090. The van der Waals surface area contributed by atoms with Gasteiger partial charge in [-0.2, -0.15) is 0 Å². The number of rotatable bonds is 12.